The van der Waals surface area contributed by atoms with Crippen LogP contribution in [0.3, 0.4) is 0 Å². The summed E-state index contributed by atoms with van der Waals surface area (Å²) in [7, 11) is -3.70. The van der Waals surface area contributed by atoms with Crippen molar-refractivity contribution in [3.63, 3.8) is 0 Å². The highest BCUT2D eigenvalue weighted by molar-refractivity contribution is 7.89. The topological polar surface area (TPSA) is 87.6 Å². The van der Waals surface area contributed by atoms with Gasteiger partial charge in [0.05, 0.1) is 10.6 Å². The maximum absolute atomic E-state index is 12.2. The lowest BCUT2D eigenvalue weighted by Crippen LogP contribution is -2.20. The van der Waals surface area contributed by atoms with Gasteiger partial charge in [-0.3, -0.25) is 4.79 Å². The highest BCUT2D eigenvalue weighted by Crippen LogP contribution is 2.12. The number of hydrazone groups is 1. The van der Waals surface area contributed by atoms with Gasteiger partial charge in [0.15, 0.2) is 0 Å². The second-order valence-corrected chi connectivity index (χ2v) is 7.02. The van der Waals surface area contributed by atoms with E-state index in [1.165, 1.54) is 19.1 Å². The molecule has 2 N–H and O–H groups in total. The first-order valence-corrected chi connectivity index (χ1v) is 8.77. The minimum absolute atomic E-state index is 0.154. The van der Waals surface area contributed by atoms with Crippen molar-refractivity contribution in [2.24, 2.45) is 5.10 Å². The Hall–Kier alpha value is -2.67. The summed E-state index contributed by atoms with van der Waals surface area (Å²) in [5.41, 5.74) is 2.91. The summed E-state index contributed by atoms with van der Waals surface area (Å²) >= 11 is 0. The molecular weight excluding hydrogens is 326 g/mol. The number of rotatable bonds is 5. The second-order valence-electron chi connectivity index (χ2n) is 5.36. The summed E-state index contributed by atoms with van der Waals surface area (Å²) < 4.78 is 24.4. The lowest BCUT2D eigenvalue weighted by atomic mass is 10.1. The summed E-state index contributed by atoms with van der Waals surface area (Å²) in [6.07, 6.45) is 0. The van der Waals surface area contributed by atoms with Crippen LogP contribution in [0.4, 0.5) is 5.69 Å². The molecule has 0 unspecified atom stereocenters. The van der Waals surface area contributed by atoms with Gasteiger partial charge in [-0.15, -0.1) is 0 Å². The predicted molar refractivity (Wildman–Crippen MR) is 94.5 cm³/mol. The average molecular weight is 345 g/mol. The van der Waals surface area contributed by atoms with Crippen LogP contribution in [0.5, 0.6) is 0 Å². The van der Waals surface area contributed by atoms with Crippen molar-refractivity contribution in [3.05, 3.63) is 59.7 Å². The molecule has 2 aromatic carbocycles. The second kappa shape index (κ2) is 7.27. The van der Waals surface area contributed by atoms with Gasteiger partial charge in [0.2, 0.25) is 5.91 Å². The Morgan fingerprint density at radius 3 is 2.08 bits per heavy atom. The SMILES string of the molecule is CC(=O)Nc1ccc(C(C)=NNS(=O)(=O)c2ccc(C)cc2)cc1. The molecule has 0 aliphatic rings. The fraction of sp³-hybridized carbons (Fsp3) is 0.176. The van der Waals surface area contributed by atoms with Crippen LogP contribution in [0, 0.1) is 6.92 Å². The Labute approximate surface area is 141 Å². The van der Waals surface area contributed by atoms with Gasteiger partial charge >= 0.3 is 0 Å². The minimum Gasteiger partial charge on any atom is -0.326 e. The number of hydrogen-bond donors (Lipinski definition) is 2. The van der Waals surface area contributed by atoms with Crippen molar-refractivity contribution < 1.29 is 13.2 Å². The van der Waals surface area contributed by atoms with E-state index in [2.05, 4.69) is 15.2 Å². The number of hydrogen-bond acceptors (Lipinski definition) is 4. The maximum atomic E-state index is 12.2. The molecule has 0 spiro atoms. The molecule has 0 bridgehead atoms. The zero-order chi connectivity index (χ0) is 17.7. The Morgan fingerprint density at radius 2 is 1.54 bits per heavy atom. The summed E-state index contributed by atoms with van der Waals surface area (Å²) in [5.74, 6) is -0.154. The average Bonchev–Trinajstić information content (AvgIpc) is 2.53. The molecular formula is C17H19N3O3S. The van der Waals surface area contributed by atoms with Crippen LogP contribution in [0.15, 0.2) is 58.5 Å². The Morgan fingerprint density at radius 1 is 0.958 bits per heavy atom. The Kier molecular flexibility index (Phi) is 5.35. The molecule has 0 fully saturated rings. The predicted octanol–water partition coefficient (Wildman–Crippen LogP) is 2.66. The third kappa shape index (κ3) is 4.66. The monoisotopic (exact) mass is 345 g/mol. The number of benzene rings is 2. The lowest BCUT2D eigenvalue weighted by molar-refractivity contribution is -0.114. The van der Waals surface area contributed by atoms with Gasteiger partial charge < -0.3 is 5.32 Å². The maximum Gasteiger partial charge on any atom is 0.276 e. The first-order chi connectivity index (χ1) is 11.3. The van der Waals surface area contributed by atoms with E-state index in [4.69, 9.17) is 0 Å². The van der Waals surface area contributed by atoms with Crippen LogP contribution in [-0.2, 0) is 14.8 Å². The van der Waals surface area contributed by atoms with E-state index in [0.29, 0.717) is 11.4 Å². The van der Waals surface area contributed by atoms with Crippen molar-refractivity contribution in [2.75, 3.05) is 5.32 Å². The van der Waals surface area contributed by atoms with Crippen LogP contribution in [0.2, 0.25) is 0 Å². The van der Waals surface area contributed by atoms with Gasteiger partial charge in [-0.05, 0) is 43.7 Å². The molecule has 0 heterocycles. The van der Waals surface area contributed by atoms with Gasteiger partial charge in [0, 0.05) is 12.6 Å². The molecule has 6 nitrogen and oxygen atoms in total. The van der Waals surface area contributed by atoms with Crippen molar-refractivity contribution >= 4 is 27.3 Å². The summed E-state index contributed by atoms with van der Waals surface area (Å²) in [6.45, 7) is 5.02. The van der Waals surface area contributed by atoms with Crippen LogP contribution >= 0.6 is 0 Å². The van der Waals surface area contributed by atoms with E-state index < -0.39 is 10.0 Å². The largest absolute Gasteiger partial charge is 0.326 e. The summed E-state index contributed by atoms with van der Waals surface area (Å²) in [5, 5.41) is 6.61. The third-order valence-corrected chi connectivity index (χ3v) is 4.51. The molecule has 1 amide bonds. The third-order valence-electron chi connectivity index (χ3n) is 3.29. The summed E-state index contributed by atoms with van der Waals surface area (Å²) in [4.78, 5) is 13.4. The molecule has 0 aliphatic heterocycles. The van der Waals surface area contributed by atoms with Crippen molar-refractivity contribution in [1.29, 1.82) is 0 Å². The molecule has 126 valence electrons. The first kappa shape index (κ1) is 17.7. The van der Waals surface area contributed by atoms with E-state index in [0.717, 1.165) is 11.1 Å². The van der Waals surface area contributed by atoms with E-state index in [9.17, 15) is 13.2 Å². The number of amides is 1. The molecule has 0 aliphatic carbocycles. The van der Waals surface area contributed by atoms with Crippen LogP contribution in [-0.4, -0.2) is 20.0 Å². The highest BCUT2D eigenvalue weighted by atomic mass is 32.2. The zero-order valence-electron chi connectivity index (χ0n) is 13.7. The van der Waals surface area contributed by atoms with Gasteiger partial charge in [-0.25, -0.2) is 0 Å². The van der Waals surface area contributed by atoms with Crippen LogP contribution < -0.4 is 10.1 Å². The number of anilines is 1. The van der Waals surface area contributed by atoms with Crippen LogP contribution in [0.1, 0.15) is 25.0 Å². The van der Waals surface area contributed by atoms with Gasteiger partial charge in [-0.2, -0.15) is 18.4 Å². The van der Waals surface area contributed by atoms with E-state index in [-0.39, 0.29) is 10.8 Å². The standard InChI is InChI=1S/C17H19N3O3S/c1-12-4-10-17(11-5-12)24(22,23)20-19-13(2)15-6-8-16(9-7-15)18-14(3)21/h4-11,20H,1-3H3,(H,18,21). The highest BCUT2D eigenvalue weighted by Gasteiger charge is 2.12. The molecule has 0 saturated carbocycles. The molecule has 0 radical (unpaired) electrons. The normalized spacial score (nSPS) is 11.9. The number of carbonyl (C=O) groups excluding carboxylic acids is 1. The molecule has 24 heavy (non-hydrogen) atoms. The number of carbonyl (C=O) groups is 1. The summed E-state index contributed by atoms with van der Waals surface area (Å²) in [6, 6.07) is 13.5. The smallest absolute Gasteiger partial charge is 0.276 e. The number of sulfonamides is 1. The van der Waals surface area contributed by atoms with Crippen molar-refractivity contribution in [1.82, 2.24) is 4.83 Å². The number of aryl methyl sites for hydroxylation is 1. The Balaban J connectivity index is 2.13. The van der Waals surface area contributed by atoms with E-state index in [1.54, 1.807) is 43.3 Å². The molecule has 7 heteroatoms. The van der Waals surface area contributed by atoms with E-state index >= 15 is 0 Å². The fourth-order valence-electron chi connectivity index (χ4n) is 1.96. The Bertz CT molecular complexity index is 855. The molecule has 2 rings (SSSR count). The molecule has 0 aromatic heterocycles. The molecule has 0 saturated heterocycles. The first-order valence-electron chi connectivity index (χ1n) is 7.29. The fourth-order valence-corrected chi connectivity index (χ4v) is 2.82. The van der Waals surface area contributed by atoms with E-state index in [1.807, 2.05) is 6.92 Å². The number of nitrogens with zero attached hydrogens (tertiary/aromatic N) is 1. The number of nitrogens with one attached hydrogen (secondary N) is 2. The minimum atomic E-state index is -3.70. The van der Waals surface area contributed by atoms with Crippen LogP contribution in [0.25, 0.3) is 0 Å². The lowest BCUT2D eigenvalue weighted by Gasteiger charge is -2.07. The van der Waals surface area contributed by atoms with Crippen molar-refractivity contribution in [3.8, 4) is 0 Å². The quantitative estimate of drug-likeness (QED) is 0.645. The zero-order valence-corrected chi connectivity index (χ0v) is 14.5. The van der Waals surface area contributed by atoms with Gasteiger partial charge in [0.25, 0.3) is 10.0 Å². The van der Waals surface area contributed by atoms with Gasteiger partial charge in [0.1, 0.15) is 0 Å². The molecule has 0 atom stereocenters. The van der Waals surface area contributed by atoms with Gasteiger partial charge in [-0.1, -0.05) is 29.8 Å². The molecule has 2 aromatic rings. The van der Waals surface area contributed by atoms with Crippen molar-refractivity contribution in [2.45, 2.75) is 25.7 Å².